The number of benzene rings is 1. The molecule has 0 atom stereocenters. The monoisotopic (exact) mass is 346 g/mol. The van der Waals surface area contributed by atoms with E-state index in [4.69, 9.17) is 16.1 Å². The van der Waals surface area contributed by atoms with Gasteiger partial charge < -0.3 is 14.7 Å². The number of carbonyl (C=O) groups excluding carboxylic acids is 1. The molecule has 0 bridgehead atoms. The van der Waals surface area contributed by atoms with Crippen LogP contribution in [0.25, 0.3) is 5.57 Å². The molecule has 2 aromatic rings. The Balaban J connectivity index is 1.52. The molecular weight excluding hydrogens is 328 g/mol. The van der Waals surface area contributed by atoms with Crippen LogP contribution >= 0.6 is 11.6 Å². The summed E-state index contributed by atoms with van der Waals surface area (Å²) in [5.41, 5.74) is 1.82. The number of rotatable bonds is 5. The van der Waals surface area contributed by atoms with Crippen LogP contribution in [-0.2, 0) is 11.2 Å². The molecule has 6 nitrogen and oxygen atoms in total. The quantitative estimate of drug-likeness (QED) is 0.901. The number of anilines is 1. The Hall–Kier alpha value is -2.18. The summed E-state index contributed by atoms with van der Waals surface area (Å²) < 4.78 is 5.25. The van der Waals surface area contributed by atoms with Crippen molar-refractivity contribution < 1.29 is 9.32 Å². The molecular formula is C17H19ClN4O2. The Bertz CT molecular complexity index is 739. The van der Waals surface area contributed by atoms with Gasteiger partial charge in [0.2, 0.25) is 11.8 Å². The fourth-order valence-electron chi connectivity index (χ4n) is 2.44. The Morgan fingerprint density at radius 2 is 2.17 bits per heavy atom. The van der Waals surface area contributed by atoms with Crippen molar-refractivity contribution in [2.24, 2.45) is 0 Å². The number of nitrogens with one attached hydrogen (secondary N) is 1. The third kappa shape index (κ3) is 4.43. The van der Waals surface area contributed by atoms with Crippen LogP contribution in [0.1, 0.15) is 24.6 Å². The van der Waals surface area contributed by atoms with Crippen molar-refractivity contribution in [1.82, 2.24) is 15.0 Å². The SMILES string of the molecule is CN1CC=C(c2noc(CCC(=O)Nc3ccc(Cl)cc3)n2)CC1. The summed E-state index contributed by atoms with van der Waals surface area (Å²) in [6.45, 7) is 1.88. The standard InChI is InChI=1S/C17H19ClN4O2/c1-22-10-8-12(9-11-22)17-20-16(24-21-17)7-6-15(23)19-14-4-2-13(18)3-5-14/h2-5,8H,6-7,9-11H2,1H3,(H,19,23). The van der Waals surface area contributed by atoms with Gasteiger partial charge in [-0.15, -0.1) is 0 Å². The highest BCUT2D eigenvalue weighted by molar-refractivity contribution is 6.30. The zero-order valence-corrected chi connectivity index (χ0v) is 14.2. The van der Waals surface area contributed by atoms with Gasteiger partial charge in [-0.05, 0) is 43.3 Å². The van der Waals surface area contributed by atoms with Gasteiger partial charge in [0.1, 0.15) is 0 Å². The van der Waals surface area contributed by atoms with Crippen molar-refractivity contribution in [2.75, 3.05) is 25.5 Å². The summed E-state index contributed by atoms with van der Waals surface area (Å²) in [6.07, 6.45) is 3.73. The molecule has 1 aliphatic heterocycles. The number of likely N-dealkylation sites (N-methyl/N-ethyl adjacent to an activating group) is 1. The second kappa shape index (κ2) is 7.59. The summed E-state index contributed by atoms with van der Waals surface area (Å²) >= 11 is 5.82. The zero-order valence-electron chi connectivity index (χ0n) is 13.5. The van der Waals surface area contributed by atoms with Crippen molar-refractivity contribution in [3.63, 3.8) is 0 Å². The lowest BCUT2D eigenvalue weighted by Crippen LogP contribution is -2.23. The molecule has 0 unspecified atom stereocenters. The molecule has 0 fully saturated rings. The maximum atomic E-state index is 12.0. The third-order valence-electron chi connectivity index (χ3n) is 3.86. The molecule has 1 amide bonds. The second-order valence-corrected chi connectivity index (χ2v) is 6.24. The Morgan fingerprint density at radius 3 is 2.88 bits per heavy atom. The molecule has 7 heteroatoms. The van der Waals surface area contributed by atoms with Crippen LogP contribution in [-0.4, -0.2) is 41.1 Å². The van der Waals surface area contributed by atoms with E-state index in [0.717, 1.165) is 25.1 Å². The normalized spacial score (nSPS) is 15.2. The minimum atomic E-state index is -0.101. The minimum Gasteiger partial charge on any atom is -0.339 e. The van der Waals surface area contributed by atoms with Crippen LogP contribution in [0.15, 0.2) is 34.9 Å². The van der Waals surface area contributed by atoms with Gasteiger partial charge in [0, 0.05) is 36.6 Å². The lowest BCUT2D eigenvalue weighted by molar-refractivity contribution is -0.116. The maximum absolute atomic E-state index is 12.0. The number of aromatic nitrogens is 2. The molecule has 126 valence electrons. The van der Waals surface area contributed by atoms with Crippen molar-refractivity contribution in [3.8, 4) is 0 Å². The van der Waals surface area contributed by atoms with E-state index < -0.39 is 0 Å². The van der Waals surface area contributed by atoms with E-state index in [1.807, 2.05) is 0 Å². The smallest absolute Gasteiger partial charge is 0.227 e. The van der Waals surface area contributed by atoms with Gasteiger partial charge in [-0.1, -0.05) is 22.8 Å². The number of hydrogen-bond acceptors (Lipinski definition) is 5. The number of carbonyl (C=O) groups is 1. The highest BCUT2D eigenvalue weighted by atomic mass is 35.5. The molecule has 0 spiro atoms. The molecule has 1 aromatic carbocycles. The first-order valence-corrected chi connectivity index (χ1v) is 8.24. The topological polar surface area (TPSA) is 71.3 Å². The highest BCUT2D eigenvalue weighted by Gasteiger charge is 2.15. The first-order valence-electron chi connectivity index (χ1n) is 7.86. The molecule has 24 heavy (non-hydrogen) atoms. The summed E-state index contributed by atoms with van der Waals surface area (Å²) in [5, 5.41) is 7.46. The molecule has 1 aromatic heterocycles. The first kappa shape index (κ1) is 16.7. The number of amides is 1. The number of nitrogens with zero attached hydrogens (tertiary/aromatic N) is 3. The predicted molar refractivity (Wildman–Crippen MR) is 92.8 cm³/mol. The zero-order chi connectivity index (χ0) is 16.9. The van der Waals surface area contributed by atoms with E-state index in [2.05, 4.69) is 33.5 Å². The average Bonchev–Trinajstić information content (AvgIpc) is 3.05. The summed E-state index contributed by atoms with van der Waals surface area (Å²) in [6, 6.07) is 6.99. The van der Waals surface area contributed by atoms with Crippen LogP contribution < -0.4 is 5.32 Å². The Kier molecular flexibility index (Phi) is 5.27. The lowest BCUT2D eigenvalue weighted by atomic mass is 10.1. The third-order valence-corrected chi connectivity index (χ3v) is 4.11. The largest absolute Gasteiger partial charge is 0.339 e. The fourth-order valence-corrected chi connectivity index (χ4v) is 2.56. The number of aryl methyl sites for hydroxylation is 1. The maximum Gasteiger partial charge on any atom is 0.227 e. The van der Waals surface area contributed by atoms with Crippen LogP contribution in [0.2, 0.25) is 5.02 Å². The molecule has 1 aliphatic rings. The van der Waals surface area contributed by atoms with Crippen molar-refractivity contribution in [1.29, 1.82) is 0 Å². The van der Waals surface area contributed by atoms with Gasteiger partial charge in [-0.3, -0.25) is 4.79 Å². The number of halogens is 1. The van der Waals surface area contributed by atoms with Crippen LogP contribution in [0.3, 0.4) is 0 Å². The van der Waals surface area contributed by atoms with Gasteiger partial charge in [0.05, 0.1) is 0 Å². The molecule has 0 saturated carbocycles. The van der Waals surface area contributed by atoms with Crippen LogP contribution in [0.4, 0.5) is 5.69 Å². The van der Waals surface area contributed by atoms with Gasteiger partial charge in [-0.2, -0.15) is 4.98 Å². The van der Waals surface area contributed by atoms with Crippen molar-refractivity contribution in [2.45, 2.75) is 19.3 Å². The first-order chi connectivity index (χ1) is 11.6. The van der Waals surface area contributed by atoms with Gasteiger partial charge in [-0.25, -0.2) is 0 Å². The summed E-state index contributed by atoms with van der Waals surface area (Å²) in [7, 11) is 2.08. The van der Waals surface area contributed by atoms with E-state index in [1.165, 1.54) is 0 Å². The average molecular weight is 347 g/mol. The highest BCUT2D eigenvalue weighted by Crippen LogP contribution is 2.19. The van der Waals surface area contributed by atoms with E-state index in [-0.39, 0.29) is 12.3 Å². The van der Waals surface area contributed by atoms with Gasteiger partial charge >= 0.3 is 0 Å². The van der Waals surface area contributed by atoms with Crippen molar-refractivity contribution in [3.05, 3.63) is 47.1 Å². The lowest BCUT2D eigenvalue weighted by Gasteiger charge is -2.19. The van der Waals surface area contributed by atoms with Gasteiger partial charge in [0.15, 0.2) is 5.82 Å². The molecule has 0 saturated heterocycles. The van der Waals surface area contributed by atoms with E-state index in [9.17, 15) is 4.79 Å². The number of hydrogen-bond donors (Lipinski definition) is 1. The Labute approximate surface area is 145 Å². The fraction of sp³-hybridized carbons (Fsp3) is 0.353. The van der Waals surface area contributed by atoms with Gasteiger partial charge in [0.25, 0.3) is 0 Å². The van der Waals surface area contributed by atoms with Crippen molar-refractivity contribution >= 4 is 28.8 Å². The van der Waals surface area contributed by atoms with E-state index >= 15 is 0 Å². The second-order valence-electron chi connectivity index (χ2n) is 5.81. The molecule has 0 radical (unpaired) electrons. The molecule has 0 aliphatic carbocycles. The predicted octanol–water partition coefficient (Wildman–Crippen LogP) is 3.01. The van der Waals surface area contributed by atoms with E-state index in [1.54, 1.807) is 24.3 Å². The van der Waals surface area contributed by atoms with Crippen LogP contribution in [0.5, 0.6) is 0 Å². The summed E-state index contributed by atoms with van der Waals surface area (Å²) in [5.74, 6) is 1.02. The van der Waals surface area contributed by atoms with Crippen LogP contribution in [0, 0.1) is 0 Å². The molecule has 1 N–H and O–H groups in total. The Morgan fingerprint density at radius 1 is 1.38 bits per heavy atom. The molecule has 3 rings (SSSR count). The summed E-state index contributed by atoms with van der Waals surface area (Å²) in [4.78, 5) is 18.6. The molecule has 2 heterocycles. The van der Waals surface area contributed by atoms with E-state index in [0.29, 0.717) is 28.8 Å². The minimum absolute atomic E-state index is 0.101.